The van der Waals surface area contributed by atoms with Crippen LogP contribution in [0.4, 0.5) is 19.0 Å². The minimum absolute atomic E-state index is 0.149. The molecule has 6 heteroatoms. The van der Waals surface area contributed by atoms with Gasteiger partial charge in [-0.2, -0.15) is 13.2 Å². The summed E-state index contributed by atoms with van der Waals surface area (Å²) < 4.78 is 37.8. The molecule has 3 nitrogen and oxygen atoms in total. The predicted octanol–water partition coefficient (Wildman–Crippen LogP) is 3.84. The molecular formula is C15H21F3N2O. The third kappa shape index (κ3) is 4.33. The number of nitrogens with one attached hydrogen (secondary N) is 1. The van der Waals surface area contributed by atoms with Gasteiger partial charge in [-0.15, -0.1) is 0 Å². The Kier molecular flexibility index (Phi) is 4.76. The van der Waals surface area contributed by atoms with Crippen molar-refractivity contribution in [2.75, 3.05) is 11.9 Å². The van der Waals surface area contributed by atoms with Gasteiger partial charge in [-0.05, 0) is 43.7 Å². The third-order valence-electron chi connectivity index (χ3n) is 4.30. The monoisotopic (exact) mass is 302 g/mol. The summed E-state index contributed by atoms with van der Waals surface area (Å²) in [7, 11) is 0. The second-order valence-corrected chi connectivity index (χ2v) is 5.86. The fourth-order valence-corrected chi connectivity index (χ4v) is 2.76. The van der Waals surface area contributed by atoms with Crippen LogP contribution in [0.15, 0.2) is 18.3 Å². The first-order chi connectivity index (χ1) is 9.82. The van der Waals surface area contributed by atoms with Gasteiger partial charge in [0.05, 0.1) is 11.2 Å². The van der Waals surface area contributed by atoms with Crippen LogP contribution >= 0.6 is 0 Å². The molecule has 0 amide bonds. The molecule has 21 heavy (non-hydrogen) atoms. The molecule has 1 aliphatic rings. The molecule has 0 aliphatic heterocycles. The predicted molar refractivity (Wildman–Crippen MR) is 74.9 cm³/mol. The number of hydrogen-bond donors (Lipinski definition) is 2. The van der Waals surface area contributed by atoms with Crippen molar-refractivity contribution in [3.63, 3.8) is 0 Å². The number of hydrogen-bond acceptors (Lipinski definition) is 3. The minimum atomic E-state index is -4.38. The first-order valence-corrected chi connectivity index (χ1v) is 7.32. The van der Waals surface area contributed by atoms with Crippen molar-refractivity contribution in [1.29, 1.82) is 0 Å². The Hall–Kier alpha value is -1.30. The van der Waals surface area contributed by atoms with E-state index in [-0.39, 0.29) is 12.4 Å². The van der Waals surface area contributed by atoms with E-state index in [4.69, 9.17) is 0 Å². The maximum atomic E-state index is 12.6. The zero-order valence-corrected chi connectivity index (χ0v) is 12.1. The van der Waals surface area contributed by atoms with Crippen LogP contribution in [-0.2, 0) is 6.18 Å². The highest BCUT2D eigenvalue weighted by Gasteiger charge is 2.33. The Morgan fingerprint density at radius 1 is 1.38 bits per heavy atom. The van der Waals surface area contributed by atoms with Crippen LogP contribution in [-0.4, -0.2) is 22.2 Å². The Morgan fingerprint density at radius 3 is 2.62 bits per heavy atom. The molecule has 1 aliphatic carbocycles. The summed E-state index contributed by atoms with van der Waals surface area (Å²) in [6.45, 7) is 2.37. The molecule has 2 N–H and O–H groups in total. The van der Waals surface area contributed by atoms with E-state index < -0.39 is 17.3 Å². The Labute approximate surface area is 122 Å². The number of rotatable bonds is 4. The van der Waals surface area contributed by atoms with Crippen LogP contribution in [0.2, 0.25) is 0 Å². The first kappa shape index (κ1) is 16.1. The lowest BCUT2D eigenvalue weighted by molar-refractivity contribution is -0.137. The van der Waals surface area contributed by atoms with Crippen molar-refractivity contribution in [3.8, 4) is 0 Å². The van der Waals surface area contributed by atoms with E-state index in [9.17, 15) is 18.3 Å². The number of aromatic nitrogens is 1. The molecule has 2 rings (SSSR count). The molecule has 0 spiro atoms. The molecule has 0 aromatic carbocycles. The van der Waals surface area contributed by atoms with Crippen LogP contribution in [0, 0.1) is 5.92 Å². The van der Waals surface area contributed by atoms with Crippen molar-refractivity contribution in [3.05, 3.63) is 23.9 Å². The summed E-state index contributed by atoms with van der Waals surface area (Å²) in [4.78, 5) is 3.88. The molecule has 1 saturated carbocycles. The Morgan fingerprint density at radius 2 is 2.05 bits per heavy atom. The Balaban J connectivity index is 1.94. The third-order valence-corrected chi connectivity index (χ3v) is 4.30. The summed E-state index contributed by atoms with van der Waals surface area (Å²) in [5.74, 6) is 0.799. The van der Waals surface area contributed by atoms with Gasteiger partial charge in [0.25, 0.3) is 0 Å². The highest BCUT2D eigenvalue weighted by atomic mass is 19.4. The van der Waals surface area contributed by atoms with Crippen molar-refractivity contribution in [2.45, 2.75) is 50.8 Å². The number of anilines is 1. The van der Waals surface area contributed by atoms with Crippen molar-refractivity contribution >= 4 is 5.82 Å². The fraction of sp³-hybridized carbons (Fsp3) is 0.667. The van der Waals surface area contributed by atoms with E-state index in [0.29, 0.717) is 18.8 Å². The van der Waals surface area contributed by atoms with Gasteiger partial charge in [-0.3, -0.25) is 0 Å². The van der Waals surface area contributed by atoms with E-state index in [1.807, 2.05) is 0 Å². The highest BCUT2D eigenvalue weighted by Crippen LogP contribution is 2.34. The summed E-state index contributed by atoms with van der Waals surface area (Å²) in [6, 6.07) is 1.91. The number of nitrogens with zero attached hydrogens (tertiary/aromatic N) is 1. The van der Waals surface area contributed by atoms with E-state index in [1.165, 1.54) is 0 Å². The fourth-order valence-electron chi connectivity index (χ4n) is 2.76. The van der Waals surface area contributed by atoms with E-state index >= 15 is 0 Å². The quantitative estimate of drug-likeness (QED) is 0.888. The molecule has 0 unspecified atom stereocenters. The SMILES string of the molecule is CCC1CCC(O)(CNc2cc(C(F)(F)F)ccn2)CC1. The smallest absolute Gasteiger partial charge is 0.388 e. The summed E-state index contributed by atoms with van der Waals surface area (Å²) in [5, 5.41) is 13.3. The molecular weight excluding hydrogens is 281 g/mol. The van der Waals surface area contributed by atoms with Gasteiger partial charge in [0.2, 0.25) is 0 Å². The average Bonchev–Trinajstić information content (AvgIpc) is 2.46. The molecule has 118 valence electrons. The van der Waals surface area contributed by atoms with E-state index in [2.05, 4.69) is 17.2 Å². The summed E-state index contributed by atoms with van der Waals surface area (Å²) in [5.41, 5.74) is -1.58. The van der Waals surface area contributed by atoms with E-state index in [1.54, 1.807) is 0 Å². The van der Waals surface area contributed by atoms with Gasteiger partial charge in [0, 0.05) is 12.7 Å². The average molecular weight is 302 g/mol. The van der Waals surface area contributed by atoms with Crippen LogP contribution in [0.3, 0.4) is 0 Å². The first-order valence-electron chi connectivity index (χ1n) is 7.32. The molecule has 1 fully saturated rings. The molecule has 0 bridgehead atoms. The zero-order chi connectivity index (χ0) is 15.5. The second kappa shape index (κ2) is 6.22. The van der Waals surface area contributed by atoms with Crippen LogP contribution in [0.1, 0.15) is 44.6 Å². The van der Waals surface area contributed by atoms with Gasteiger partial charge < -0.3 is 10.4 Å². The van der Waals surface area contributed by atoms with Crippen molar-refractivity contribution in [2.24, 2.45) is 5.92 Å². The lowest BCUT2D eigenvalue weighted by atomic mass is 9.78. The van der Waals surface area contributed by atoms with Crippen molar-refractivity contribution in [1.82, 2.24) is 4.98 Å². The Bertz CT molecular complexity index is 468. The highest BCUT2D eigenvalue weighted by molar-refractivity contribution is 5.39. The molecule has 0 atom stereocenters. The normalized spacial score (nSPS) is 26.6. The van der Waals surface area contributed by atoms with Crippen LogP contribution < -0.4 is 5.32 Å². The van der Waals surface area contributed by atoms with Gasteiger partial charge in [0.1, 0.15) is 5.82 Å². The largest absolute Gasteiger partial charge is 0.416 e. The number of alkyl halides is 3. The maximum absolute atomic E-state index is 12.6. The summed E-state index contributed by atoms with van der Waals surface area (Å²) in [6.07, 6.45) is 1.14. The topological polar surface area (TPSA) is 45.1 Å². The van der Waals surface area contributed by atoms with Gasteiger partial charge in [-0.1, -0.05) is 13.3 Å². The van der Waals surface area contributed by atoms with Crippen LogP contribution in [0.25, 0.3) is 0 Å². The number of halogens is 3. The standard InChI is InChI=1S/C15H21F3N2O/c1-2-11-3-6-14(21,7-4-11)10-20-13-9-12(5-8-19-13)15(16,17)18/h5,8-9,11,21H,2-4,6-7,10H2,1H3,(H,19,20). The lowest BCUT2D eigenvalue weighted by Gasteiger charge is -2.36. The number of aliphatic hydroxyl groups is 1. The maximum Gasteiger partial charge on any atom is 0.416 e. The summed E-state index contributed by atoms with van der Waals surface area (Å²) >= 11 is 0. The van der Waals surface area contributed by atoms with Crippen LogP contribution in [0.5, 0.6) is 0 Å². The van der Waals surface area contributed by atoms with Gasteiger partial charge in [0.15, 0.2) is 0 Å². The molecule has 1 aromatic heterocycles. The minimum Gasteiger partial charge on any atom is -0.388 e. The zero-order valence-electron chi connectivity index (χ0n) is 12.1. The molecule has 0 saturated heterocycles. The van der Waals surface area contributed by atoms with Crippen molar-refractivity contribution < 1.29 is 18.3 Å². The van der Waals surface area contributed by atoms with Gasteiger partial charge in [-0.25, -0.2) is 4.98 Å². The second-order valence-electron chi connectivity index (χ2n) is 5.86. The number of pyridine rings is 1. The van der Waals surface area contributed by atoms with E-state index in [0.717, 1.165) is 37.6 Å². The molecule has 1 aromatic rings. The molecule has 0 radical (unpaired) electrons. The lowest BCUT2D eigenvalue weighted by Crippen LogP contribution is -2.40. The van der Waals surface area contributed by atoms with Gasteiger partial charge >= 0.3 is 6.18 Å². The molecule has 1 heterocycles.